The van der Waals surface area contributed by atoms with Gasteiger partial charge in [-0.1, -0.05) is 61.5 Å². The van der Waals surface area contributed by atoms with Gasteiger partial charge in [0.1, 0.15) is 0 Å². The minimum Gasteiger partial charge on any atom is -0.311 e. The van der Waals surface area contributed by atoms with Crippen LogP contribution in [0.2, 0.25) is 0 Å². The molecule has 150 valence electrons. The van der Waals surface area contributed by atoms with Gasteiger partial charge in [0.2, 0.25) is 0 Å². The highest BCUT2D eigenvalue weighted by Crippen LogP contribution is 2.40. The third-order valence-corrected chi connectivity index (χ3v) is 6.35. The van der Waals surface area contributed by atoms with E-state index >= 15 is 0 Å². The van der Waals surface area contributed by atoms with E-state index in [1.54, 1.807) is 0 Å². The Balaban J connectivity index is 1.61. The molecule has 0 aliphatic heterocycles. The molecular weight excluding hydrogens is 360 g/mol. The lowest BCUT2D eigenvalue weighted by molar-refractivity contribution is 0.388. The summed E-state index contributed by atoms with van der Waals surface area (Å²) in [5, 5.41) is 0. The number of rotatable bonds is 5. The number of hydrogen-bond donors (Lipinski definition) is 2. The van der Waals surface area contributed by atoms with E-state index in [0.29, 0.717) is 17.9 Å². The fourth-order valence-corrected chi connectivity index (χ4v) is 4.76. The molecule has 1 aliphatic rings. The summed E-state index contributed by atoms with van der Waals surface area (Å²) in [4.78, 5) is 30.2. The molecule has 0 bridgehead atoms. The normalized spacial score (nSPS) is 19.2. The smallest absolute Gasteiger partial charge is 0.311 e. The second kappa shape index (κ2) is 8.64. The van der Waals surface area contributed by atoms with Gasteiger partial charge in [-0.2, -0.15) is 0 Å². The predicted octanol–water partition coefficient (Wildman–Crippen LogP) is 4.66. The lowest BCUT2D eigenvalue weighted by atomic mass is 9.76. The molecule has 0 amide bonds. The van der Waals surface area contributed by atoms with Crippen molar-refractivity contribution in [3.63, 3.8) is 0 Å². The van der Waals surface area contributed by atoms with Crippen LogP contribution in [0.3, 0.4) is 0 Å². The summed E-state index contributed by atoms with van der Waals surface area (Å²) in [5.41, 5.74) is 4.71. The SMILES string of the molecule is CCc1ccccc1Cc1c(=O)[nH]c(=O)[nH]c1[C@H]1CC[C@H](c2ccccc2)CC1. The lowest BCUT2D eigenvalue weighted by Crippen LogP contribution is -2.30. The van der Waals surface area contributed by atoms with Gasteiger partial charge in [-0.3, -0.25) is 9.78 Å². The molecule has 3 aromatic rings. The minimum atomic E-state index is -0.400. The molecular formula is C25H28N2O2. The average molecular weight is 389 g/mol. The summed E-state index contributed by atoms with van der Waals surface area (Å²) in [5.74, 6) is 0.791. The van der Waals surface area contributed by atoms with Crippen molar-refractivity contribution in [3.05, 3.63) is 103 Å². The highest BCUT2D eigenvalue weighted by molar-refractivity contribution is 5.34. The van der Waals surface area contributed by atoms with Crippen LogP contribution < -0.4 is 11.2 Å². The molecule has 0 radical (unpaired) electrons. The molecule has 1 fully saturated rings. The molecule has 1 aromatic heterocycles. The van der Waals surface area contributed by atoms with Crippen molar-refractivity contribution in [1.82, 2.24) is 9.97 Å². The number of benzene rings is 2. The van der Waals surface area contributed by atoms with Gasteiger partial charge in [0.25, 0.3) is 5.56 Å². The third-order valence-electron chi connectivity index (χ3n) is 6.35. The van der Waals surface area contributed by atoms with Crippen LogP contribution in [-0.4, -0.2) is 9.97 Å². The Morgan fingerprint density at radius 2 is 1.41 bits per heavy atom. The first-order valence-electron chi connectivity index (χ1n) is 10.6. The van der Waals surface area contributed by atoms with Gasteiger partial charge >= 0.3 is 5.69 Å². The summed E-state index contributed by atoms with van der Waals surface area (Å²) in [6, 6.07) is 18.9. The molecule has 2 N–H and O–H groups in total. The first kappa shape index (κ1) is 19.4. The van der Waals surface area contributed by atoms with E-state index in [1.807, 2.05) is 12.1 Å². The fourth-order valence-electron chi connectivity index (χ4n) is 4.76. The molecule has 29 heavy (non-hydrogen) atoms. The van der Waals surface area contributed by atoms with Gasteiger partial charge in [0, 0.05) is 17.7 Å². The van der Waals surface area contributed by atoms with Crippen molar-refractivity contribution in [2.75, 3.05) is 0 Å². The van der Waals surface area contributed by atoms with Crippen molar-refractivity contribution in [1.29, 1.82) is 0 Å². The number of hydrogen-bond acceptors (Lipinski definition) is 2. The van der Waals surface area contributed by atoms with Gasteiger partial charge in [-0.15, -0.1) is 0 Å². The fraction of sp³-hybridized carbons (Fsp3) is 0.360. The average Bonchev–Trinajstić information content (AvgIpc) is 2.76. The van der Waals surface area contributed by atoms with Gasteiger partial charge in [-0.25, -0.2) is 4.79 Å². The zero-order valence-electron chi connectivity index (χ0n) is 16.9. The van der Waals surface area contributed by atoms with Gasteiger partial charge in [0.05, 0.1) is 0 Å². The van der Waals surface area contributed by atoms with Crippen LogP contribution >= 0.6 is 0 Å². The van der Waals surface area contributed by atoms with Crippen LogP contribution in [-0.2, 0) is 12.8 Å². The molecule has 2 aromatic carbocycles. The topological polar surface area (TPSA) is 65.7 Å². The monoisotopic (exact) mass is 388 g/mol. The maximum Gasteiger partial charge on any atom is 0.325 e. The van der Waals surface area contributed by atoms with Crippen LogP contribution in [0.1, 0.15) is 72.4 Å². The Morgan fingerprint density at radius 1 is 0.793 bits per heavy atom. The first-order chi connectivity index (χ1) is 14.2. The van der Waals surface area contributed by atoms with Crippen LogP contribution in [0.5, 0.6) is 0 Å². The van der Waals surface area contributed by atoms with Crippen LogP contribution in [0.15, 0.2) is 64.2 Å². The van der Waals surface area contributed by atoms with Crippen molar-refractivity contribution in [2.24, 2.45) is 0 Å². The molecule has 1 heterocycles. The van der Waals surface area contributed by atoms with E-state index in [-0.39, 0.29) is 11.5 Å². The minimum absolute atomic E-state index is 0.230. The standard InChI is InChI=1S/C25H28N2O2/c1-2-17-8-6-7-11-21(17)16-22-23(26-25(29)27-24(22)28)20-14-12-19(13-15-20)18-9-4-3-5-10-18/h3-11,19-20H,2,12-16H2,1H3,(H2,26,27,28,29)/t19-,20-. The quantitative estimate of drug-likeness (QED) is 0.668. The summed E-state index contributed by atoms with van der Waals surface area (Å²) in [6.07, 6.45) is 5.62. The van der Waals surface area contributed by atoms with E-state index in [4.69, 9.17) is 0 Å². The summed E-state index contributed by atoms with van der Waals surface area (Å²) in [7, 11) is 0. The highest BCUT2D eigenvalue weighted by atomic mass is 16.2. The van der Waals surface area contributed by atoms with Crippen LogP contribution in [0.25, 0.3) is 0 Å². The largest absolute Gasteiger partial charge is 0.325 e. The van der Waals surface area contributed by atoms with Crippen LogP contribution in [0.4, 0.5) is 0 Å². The molecule has 4 nitrogen and oxygen atoms in total. The molecule has 4 rings (SSSR count). The second-order valence-electron chi connectivity index (χ2n) is 8.06. The zero-order chi connectivity index (χ0) is 20.2. The number of aromatic nitrogens is 2. The van der Waals surface area contributed by atoms with Gasteiger partial charge in [-0.05, 0) is 60.6 Å². The maximum absolute atomic E-state index is 12.7. The Hall–Kier alpha value is -2.88. The van der Waals surface area contributed by atoms with E-state index in [1.165, 1.54) is 11.1 Å². The maximum atomic E-state index is 12.7. The number of aromatic amines is 2. The molecule has 0 unspecified atom stereocenters. The Bertz CT molecular complexity index is 1070. The van der Waals surface area contributed by atoms with Crippen molar-refractivity contribution in [2.45, 2.75) is 57.3 Å². The van der Waals surface area contributed by atoms with Gasteiger partial charge < -0.3 is 4.98 Å². The lowest BCUT2D eigenvalue weighted by Gasteiger charge is -2.29. The summed E-state index contributed by atoms with van der Waals surface area (Å²) < 4.78 is 0. The molecule has 0 atom stereocenters. The van der Waals surface area contributed by atoms with E-state index in [2.05, 4.69) is 59.4 Å². The van der Waals surface area contributed by atoms with Gasteiger partial charge in [0.15, 0.2) is 0 Å². The van der Waals surface area contributed by atoms with Crippen LogP contribution in [0, 0.1) is 0 Å². The third kappa shape index (κ3) is 4.26. The van der Waals surface area contributed by atoms with E-state index in [9.17, 15) is 9.59 Å². The Kier molecular flexibility index (Phi) is 5.79. The van der Waals surface area contributed by atoms with E-state index in [0.717, 1.165) is 43.4 Å². The molecule has 1 saturated carbocycles. The van der Waals surface area contributed by atoms with E-state index < -0.39 is 5.69 Å². The van der Waals surface area contributed by atoms with Crippen molar-refractivity contribution >= 4 is 0 Å². The van der Waals surface area contributed by atoms with Crippen molar-refractivity contribution in [3.8, 4) is 0 Å². The molecule has 0 saturated heterocycles. The molecule has 1 aliphatic carbocycles. The number of aryl methyl sites for hydroxylation is 1. The highest BCUT2D eigenvalue weighted by Gasteiger charge is 2.27. The second-order valence-corrected chi connectivity index (χ2v) is 8.06. The zero-order valence-corrected chi connectivity index (χ0v) is 16.9. The number of nitrogens with one attached hydrogen (secondary N) is 2. The predicted molar refractivity (Wildman–Crippen MR) is 117 cm³/mol. The summed E-state index contributed by atoms with van der Waals surface area (Å²) >= 11 is 0. The van der Waals surface area contributed by atoms with Crippen molar-refractivity contribution < 1.29 is 0 Å². The summed E-state index contributed by atoms with van der Waals surface area (Å²) in [6.45, 7) is 2.13. The first-order valence-corrected chi connectivity index (χ1v) is 10.6. The number of H-pyrrole nitrogens is 2. The Morgan fingerprint density at radius 3 is 2.10 bits per heavy atom. The Labute approximate surface area is 171 Å². The molecule has 0 spiro atoms. The molecule has 4 heteroatoms.